The van der Waals surface area contributed by atoms with Crippen LogP contribution in [0.4, 0.5) is 9.80 Å². The highest BCUT2D eigenvalue weighted by Gasteiger charge is 2.27. The molecule has 0 aromatic carbocycles. The number of thiophene rings is 2. The van der Waals surface area contributed by atoms with Gasteiger partial charge in [-0.1, -0.05) is 6.07 Å². The van der Waals surface area contributed by atoms with Gasteiger partial charge in [0.1, 0.15) is 11.1 Å². The largest absolute Gasteiger partial charge is 0.449 e. The molecule has 0 radical (unpaired) electrons. The van der Waals surface area contributed by atoms with Crippen molar-refractivity contribution in [3.05, 3.63) is 61.9 Å². The number of aryl methyl sites for hydroxylation is 2. The average Bonchev–Trinajstić information content (AvgIpc) is 3.53. The van der Waals surface area contributed by atoms with Gasteiger partial charge in [-0.25, -0.2) is 4.79 Å². The van der Waals surface area contributed by atoms with E-state index in [4.69, 9.17) is 4.74 Å². The van der Waals surface area contributed by atoms with Crippen molar-refractivity contribution in [3.8, 4) is 6.07 Å². The van der Waals surface area contributed by atoms with Gasteiger partial charge in [-0.3, -0.25) is 9.48 Å². The maximum absolute atomic E-state index is 12.4. The number of carbonyl (C=O) groups excluding carboxylic acids is 2. The summed E-state index contributed by atoms with van der Waals surface area (Å²) < 4.78 is 7.17. The Bertz CT molecular complexity index is 1250. The summed E-state index contributed by atoms with van der Waals surface area (Å²) in [6.07, 6.45) is 5.03. The van der Waals surface area contributed by atoms with Crippen molar-refractivity contribution in [2.45, 2.75) is 32.7 Å². The molecule has 1 unspecified atom stereocenters. The second-order valence-corrected chi connectivity index (χ2v) is 10.2. The van der Waals surface area contributed by atoms with Crippen molar-refractivity contribution in [2.75, 3.05) is 11.9 Å². The highest BCUT2D eigenvalue weighted by molar-refractivity contribution is 7.16. The maximum Gasteiger partial charge on any atom is 0.407 e. The van der Waals surface area contributed by atoms with Crippen LogP contribution in [-0.2, 0) is 36.0 Å². The van der Waals surface area contributed by atoms with Gasteiger partial charge in [-0.05, 0) is 61.3 Å². The van der Waals surface area contributed by atoms with Crippen molar-refractivity contribution in [1.82, 2.24) is 15.1 Å². The molecule has 0 spiro atoms. The van der Waals surface area contributed by atoms with Gasteiger partial charge in [0.2, 0.25) is 5.91 Å². The normalized spacial score (nSPS) is 15.0. The third-order valence-electron chi connectivity index (χ3n) is 5.62. The number of ether oxygens (including phenoxy) is 1. The fourth-order valence-electron chi connectivity index (χ4n) is 3.94. The van der Waals surface area contributed by atoms with Gasteiger partial charge >= 0.3 is 6.09 Å². The van der Waals surface area contributed by atoms with Gasteiger partial charge in [0.15, 0.2) is 0 Å². The Hall–Kier alpha value is -3.42. The lowest BCUT2D eigenvalue weighted by atomic mass is 9.88. The van der Waals surface area contributed by atoms with E-state index in [-0.39, 0.29) is 11.8 Å². The van der Waals surface area contributed by atoms with Crippen LogP contribution in [0.5, 0.6) is 0 Å². The monoisotopic (exact) mass is 495 g/mol. The predicted molar refractivity (Wildman–Crippen MR) is 133 cm³/mol. The lowest BCUT2D eigenvalue weighted by Gasteiger charge is -2.21. The summed E-state index contributed by atoms with van der Waals surface area (Å²) in [7, 11) is 1.84. The number of carbonyl (C=O) groups is 2. The van der Waals surface area contributed by atoms with Gasteiger partial charge in [-0.2, -0.15) is 10.4 Å². The zero-order valence-electron chi connectivity index (χ0n) is 19.0. The molecule has 0 saturated heterocycles. The number of alkyl carbamates (subject to hydrolysis) is 1. The van der Waals surface area contributed by atoms with Gasteiger partial charge in [0.25, 0.3) is 0 Å². The first kappa shape index (κ1) is 23.7. The quantitative estimate of drug-likeness (QED) is 0.472. The third-order valence-corrected chi connectivity index (χ3v) is 7.63. The van der Waals surface area contributed by atoms with Crippen molar-refractivity contribution < 1.29 is 14.3 Å². The van der Waals surface area contributed by atoms with E-state index in [1.54, 1.807) is 22.1 Å². The van der Waals surface area contributed by atoms with Crippen LogP contribution < -0.4 is 10.6 Å². The first-order valence-electron chi connectivity index (χ1n) is 10.9. The fourth-order valence-corrected chi connectivity index (χ4v) is 5.87. The van der Waals surface area contributed by atoms with Gasteiger partial charge in [0, 0.05) is 22.9 Å². The van der Waals surface area contributed by atoms with Crippen molar-refractivity contribution in [1.29, 1.82) is 5.26 Å². The number of hydrogen-bond acceptors (Lipinski definition) is 7. The smallest absolute Gasteiger partial charge is 0.407 e. The van der Waals surface area contributed by atoms with E-state index >= 15 is 0 Å². The molecule has 2 N–H and O–H groups in total. The van der Waals surface area contributed by atoms with E-state index in [9.17, 15) is 14.9 Å². The SMILES string of the molecule is Cc1cc(CNC(=O)OCC2CCc3c(sc(NC(=O)C=Cc4cccs4)c3C#N)C2)n(C)n1. The zero-order valence-corrected chi connectivity index (χ0v) is 20.6. The fraction of sp³-hybridized carbons (Fsp3) is 0.333. The third kappa shape index (κ3) is 5.73. The molecule has 2 amide bonds. The van der Waals surface area contributed by atoms with E-state index < -0.39 is 6.09 Å². The molecule has 0 bridgehead atoms. The summed E-state index contributed by atoms with van der Waals surface area (Å²) in [5.74, 6) is -0.0895. The van der Waals surface area contributed by atoms with Crippen molar-refractivity contribution in [2.24, 2.45) is 13.0 Å². The van der Waals surface area contributed by atoms with E-state index in [0.29, 0.717) is 30.1 Å². The topological polar surface area (TPSA) is 109 Å². The Labute approximate surface area is 205 Å². The van der Waals surface area contributed by atoms with Gasteiger partial charge in [-0.15, -0.1) is 22.7 Å². The summed E-state index contributed by atoms with van der Waals surface area (Å²) in [5, 5.41) is 22.1. The van der Waals surface area contributed by atoms with Crippen LogP contribution in [0.3, 0.4) is 0 Å². The van der Waals surface area contributed by atoms with Crippen LogP contribution in [0.15, 0.2) is 29.7 Å². The van der Waals surface area contributed by atoms with Gasteiger partial charge in [0.05, 0.1) is 30.1 Å². The lowest BCUT2D eigenvalue weighted by molar-refractivity contribution is -0.111. The van der Waals surface area contributed by atoms with Gasteiger partial charge < -0.3 is 15.4 Å². The van der Waals surface area contributed by atoms with E-state index in [1.165, 1.54) is 17.4 Å². The van der Waals surface area contributed by atoms with Crippen LogP contribution in [0.1, 0.15) is 38.7 Å². The molecule has 1 atom stereocenters. The van der Waals surface area contributed by atoms with Crippen LogP contribution >= 0.6 is 22.7 Å². The Morgan fingerprint density at radius 2 is 2.29 bits per heavy atom. The molecular formula is C24H25N5O3S2. The summed E-state index contributed by atoms with van der Waals surface area (Å²) in [6, 6.07) is 8.03. The molecular weight excluding hydrogens is 470 g/mol. The Kier molecular flexibility index (Phi) is 7.45. The summed E-state index contributed by atoms with van der Waals surface area (Å²) >= 11 is 2.99. The zero-order chi connectivity index (χ0) is 24.1. The number of anilines is 1. The molecule has 34 heavy (non-hydrogen) atoms. The minimum atomic E-state index is -0.459. The number of hydrogen-bond donors (Lipinski definition) is 2. The minimum absolute atomic E-state index is 0.171. The van der Waals surface area contributed by atoms with E-state index in [2.05, 4.69) is 21.8 Å². The first-order chi connectivity index (χ1) is 16.4. The number of nitrogens with one attached hydrogen (secondary N) is 2. The minimum Gasteiger partial charge on any atom is -0.449 e. The highest BCUT2D eigenvalue weighted by Crippen LogP contribution is 2.39. The Morgan fingerprint density at radius 3 is 3.00 bits per heavy atom. The Morgan fingerprint density at radius 1 is 1.44 bits per heavy atom. The molecule has 3 aromatic heterocycles. The second-order valence-electron chi connectivity index (χ2n) is 8.12. The van der Waals surface area contributed by atoms with E-state index in [1.807, 2.05) is 37.6 Å². The standard InChI is InChI=1S/C24H25N5O3S2/c1-15-10-17(29(2)28-15)13-26-24(31)32-14-16-5-7-19-20(12-25)23(34-21(19)11-16)27-22(30)8-6-18-4-3-9-33-18/h3-4,6,8-10,16H,5,7,11,13-14H2,1-2H3,(H,26,31)(H,27,30). The molecule has 8 nitrogen and oxygen atoms in total. The number of nitriles is 1. The molecule has 1 aliphatic rings. The molecule has 0 aliphatic heterocycles. The number of nitrogens with zero attached hydrogens (tertiary/aromatic N) is 3. The lowest BCUT2D eigenvalue weighted by Crippen LogP contribution is -2.28. The van der Waals surface area contributed by atoms with Crippen molar-refractivity contribution in [3.63, 3.8) is 0 Å². The molecule has 1 aliphatic carbocycles. The molecule has 176 valence electrons. The van der Waals surface area contributed by atoms with E-state index in [0.717, 1.165) is 39.5 Å². The maximum atomic E-state index is 12.4. The molecule has 0 saturated carbocycles. The summed E-state index contributed by atoms with van der Waals surface area (Å²) in [5.41, 5.74) is 3.34. The Balaban J connectivity index is 1.31. The summed E-state index contributed by atoms with van der Waals surface area (Å²) in [6.45, 7) is 2.56. The van der Waals surface area contributed by atoms with Crippen molar-refractivity contribution >= 4 is 45.8 Å². The second kappa shape index (κ2) is 10.7. The molecule has 4 rings (SSSR count). The number of fused-ring (bicyclic) bond motifs is 1. The van der Waals surface area contributed by atoms with Crippen LogP contribution in [0.2, 0.25) is 0 Å². The molecule has 3 aromatic rings. The van der Waals surface area contributed by atoms with Crippen LogP contribution in [0, 0.1) is 24.2 Å². The number of amides is 2. The van der Waals surface area contributed by atoms with Crippen LogP contribution in [-0.4, -0.2) is 28.4 Å². The van der Waals surface area contributed by atoms with Crippen LogP contribution in [0.25, 0.3) is 6.08 Å². The molecule has 10 heteroatoms. The number of aromatic nitrogens is 2. The predicted octanol–water partition coefficient (Wildman–Crippen LogP) is 4.41. The highest BCUT2D eigenvalue weighted by atomic mass is 32.1. The number of rotatable bonds is 7. The first-order valence-corrected chi connectivity index (χ1v) is 12.6. The molecule has 3 heterocycles. The molecule has 0 fully saturated rings. The average molecular weight is 496 g/mol. The summed E-state index contributed by atoms with van der Waals surface area (Å²) in [4.78, 5) is 26.5.